The van der Waals surface area contributed by atoms with E-state index in [1.54, 1.807) is 6.92 Å². The number of nitrogens with zero attached hydrogens (tertiary/aromatic N) is 3. The molecule has 0 radical (unpaired) electrons. The topological polar surface area (TPSA) is 117 Å². The van der Waals surface area contributed by atoms with Gasteiger partial charge in [-0.25, -0.2) is 17.5 Å². The second kappa shape index (κ2) is 7.99. The van der Waals surface area contributed by atoms with Gasteiger partial charge in [-0.1, -0.05) is 35.5 Å². The highest BCUT2D eigenvalue weighted by Gasteiger charge is 2.58. The maximum atomic E-state index is 12.4. The molecule has 1 aromatic heterocycles. The second-order valence-corrected chi connectivity index (χ2v) is 10.3. The number of rotatable bonds is 6. The first-order valence-electron chi connectivity index (χ1n) is 10.1. The number of fused-ring (bicyclic) bond motifs is 1. The normalized spacial score (nSPS) is 26.5. The Morgan fingerprint density at radius 1 is 1.33 bits per heavy atom. The lowest BCUT2D eigenvalue weighted by Crippen LogP contribution is -2.43. The fourth-order valence-corrected chi connectivity index (χ4v) is 5.64. The molecule has 2 amide bonds. The van der Waals surface area contributed by atoms with Gasteiger partial charge < -0.3 is 15.2 Å². The lowest BCUT2D eigenvalue weighted by Gasteiger charge is -2.24. The van der Waals surface area contributed by atoms with Crippen LogP contribution in [-0.4, -0.2) is 60.8 Å². The van der Waals surface area contributed by atoms with Crippen LogP contribution in [0.3, 0.4) is 0 Å². The summed E-state index contributed by atoms with van der Waals surface area (Å²) in [5, 5.41) is 9.85. The molecule has 1 aliphatic heterocycles. The predicted molar refractivity (Wildman–Crippen MR) is 110 cm³/mol. The van der Waals surface area contributed by atoms with Crippen molar-refractivity contribution in [1.29, 1.82) is 0 Å². The Morgan fingerprint density at radius 2 is 2.10 bits per heavy atom. The van der Waals surface area contributed by atoms with E-state index in [1.807, 2.05) is 30.3 Å². The van der Waals surface area contributed by atoms with Gasteiger partial charge in [-0.15, -0.1) is 0 Å². The van der Waals surface area contributed by atoms with Crippen LogP contribution in [-0.2, 0) is 21.9 Å². The maximum absolute atomic E-state index is 12.4. The molecular weight excluding hydrogens is 406 g/mol. The van der Waals surface area contributed by atoms with E-state index in [9.17, 15) is 13.2 Å². The second-order valence-electron chi connectivity index (χ2n) is 8.33. The van der Waals surface area contributed by atoms with Crippen LogP contribution < -0.4 is 10.6 Å². The summed E-state index contributed by atoms with van der Waals surface area (Å²) in [4.78, 5) is 16.8. The molecule has 162 valence electrons. The van der Waals surface area contributed by atoms with Crippen molar-refractivity contribution in [2.24, 2.45) is 5.92 Å². The molecule has 4 rings (SSSR count). The molecule has 2 aliphatic rings. The molecule has 9 nitrogen and oxygen atoms in total. The zero-order valence-electron chi connectivity index (χ0n) is 17.2. The summed E-state index contributed by atoms with van der Waals surface area (Å²) in [6, 6.07) is 9.68. The smallest absolute Gasteiger partial charge is 0.315 e. The maximum Gasteiger partial charge on any atom is 0.315 e. The number of carbonyl (C=O) groups is 1. The largest absolute Gasteiger partial charge is 0.339 e. The highest BCUT2D eigenvalue weighted by atomic mass is 32.2. The van der Waals surface area contributed by atoms with Gasteiger partial charge in [0.2, 0.25) is 15.9 Å². The third-order valence-electron chi connectivity index (χ3n) is 6.14. The molecule has 1 aliphatic carbocycles. The number of nitrogens with one attached hydrogen (secondary N) is 2. The molecule has 1 saturated heterocycles. The number of hydrogen-bond donors (Lipinski definition) is 2. The number of amides is 2. The van der Waals surface area contributed by atoms with E-state index in [1.165, 1.54) is 16.1 Å². The Balaban J connectivity index is 1.39. The van der Waals surface area contributed by atoms with Crippen molar-refractivity contribution in [2.75, 3.05) is 25.9 Å². The minimum absolute atomic E-state index is 0.0155. The number of benzene rings is 1. The van der Waals surface area contributed by atoms with Crippen molar-refractivity contribution in [2.45, 2.75) is 37.6 Å². The highest BCUT2D eigenvalue weighted by Crippen LogP contribution is 2.50. The molecular formula is C20H27N5O4S. The first-order valence-corrected chi connectivity index (χ1v) is 12.0. The summed E-state index contributed by atoms with van der Waals surface area (Å²) in [5.41, 5.74) is 0.603. The van der Waals surface area contributed by atoms with Crippen molar-refractivity contribution in [3.05, 3.63) is 47.6 Å². The first-order chi connectivity index (χ1) is 14.3. The first kappa shape index (κ1) is 20.8. The van der Waals surface area contributed by atoms with Crippen LogP contribution >= 0.6 is 0 Å². The van der Waals surface area contributed by atoms with E-state index in [4.69, 9.17) is 4.52 Å². The third kappa shape index (κ3) is 4.20. The molecule has 3 atom stereocenters. The molecule has 0 unspecified atom stereocenters. The summed E-state index contributed by atoms with van der Waals surface area (Å²) in [5.74, 6) is 0.998. The lowest BCUT2D eigenvalue weighted by molar-refractivity contribution is 0.234. The minimum Gasteiger partial charge on any atom is -0.339 e. The molecule has 2 aromatic rings. The quantitative estimate of drug-likeness (QED) is 0.707. The molecule has 2 fully saturated rings. The molecule has 30 heavy (non-hydrogen) atoms. The fourth-order valence-electron chi connectivity index (χ4n) is 4.72. The molecule has 10 heteroatoms. The predicted octanol–water partition coefficient (Wildman–Crippen LogP) is 1.21. The number of sulfonamides is 1. The van der Waals surface area contributed by atoms with Gasteiger partial charge in [0.15, 0.2) is 5.82 Å². The van der Waals surface area contributed by atoms with Gasteiger partial charge in [-0.3, -0.25) is 0 Å². The van der Waals surface area contributed by atoms with Crippen LogP contribution in [0.5, 0.6) is 0 Å². The zero-order chi connectivity index (χ0) is 21.4. The van der Waals surface area contributed by atoms with Crippen molar-refractivity contribution in [3.63, 3.8) is 0 Å². The Morgan fingerprint density at radius 3 is 2.77 bits per heavy atom. The van der Waals surface area contributed by atoms with Crippen LogP contribution in [0.25, 0.3) is 0 Å². The summed E-state index contributed by atoms with van der Waals surface area (Å²) in [6.07, 6.45) is 3.21. The number of hydrogen-bond acceptors (Lipinski definition) is 6. The van der Waals surface area contributed by atoms with Gasteiger partial charge in [0.05, 0.1) is 11.7 Å². The van der Waals surface area contributed by atoms with Gasteiger partial charge in [0.1, 0.15) is 0 Å². The molecule has 0 spiro atoms. The lowest BCUT2D eigenvalue weighted by atomic mass is 9.80. The van der Waals surface area contributed by atoms with Gasteiger partial charge in [0.25, 0.3) is 0 Å². The van der Waals surface area contributed by atoms with E-state index < -0.39 is 15.4 Å². The number of carbonyl (C=O) groups excluding carboxylic acids is 1. The molecule has 1 aromatic carbocycles. The molecule has 2 N–H and O–H groups in total. The highest BCUT2D eigenvalue weighted by molar-refractivity contribution is 7.88. The van der Waals surface area contributed by atoms with Crippen LogP contribution in [0.15, 0.2) is 34.9 Å². The summed E-state index contributed by atoms with van der Waals surface area (Å²) < 4.78 is 31.2. The van der Waals surface area contributed by atoms with Crippen LogP contribution in [0, 0.1) is 12.8 Å². The van der Waals surface area contributed by atoms with Crippen molar-refractivity contribution < 1.29 is 17.7 Å². The summed E-state index contributed by atoms with van der Waals surface area (Å²) in [6.45, 7) is 2.98. The van der Waals surface area contributed by atoms with Crippen molar-refractivity contribution in [3.8, 4) is 0 Å². The number of urea groups is 1. The summed E-state index contributed by atoms with van der Waals surface area (Å²) in [7, 11) is -3.32. The standard InChI is InChI=1S/C20H27N5O4S/c1-14-22-18(29-24-14)20-11-17(10-16(20)12-25(13-20)30(2,27)28)23-19(26)21-9-8-15-6-4-3-5-7-15/h3-7,16-17H,8-13H2,1-2H3,(H2,21,23,26)/t16-,17+,20-/m0/s1. The fraction of sp³-hybridized carbons (Fsp3) is 0.550. The Labute approximate surface area is 176 Å². The van der Waals surface area contributed by atoms with Gasteiger partial charge >= 0.3 is 6.03 Å². The van der Waals surface area contributed by atoms with Crippen LogP contribution in [0.1, 0.15) is 30.1 Å². The van der Waals surface area contributed by atoms with E-state index in [2.05, 4.69) is 20.8 Å². The van der Waals surface area contributed by atoms with Crippen molar-refractivity contribution >= 4 is 16.1 Å². The van der Waals surface area contributed by atoms with E-state index in [-0.39, 0.29) is 18.0 Å². The SMILES string of the molecule is Cc1noc([C@]23C[C@H](NC(=O)NCCc4ccccc4)C[C@H]2CN(S(C)(=O)=O)C3)n1. The number of aromatic nitrogens is 2. The monoisotopic (exact) mass is 433 g/mol. The Hall–Kier alpha value is -2.46. The minimum atomic E-state index is -3.32. The molecule has 0 bridgehead atoms. The van der Waals surface area contributed by atoms with E-state index in [0.717, 1.165) is 6.42 Å². The van der Waals surface area contributed by atoms with Crippen LogP contribution in [0.2, 0.25) is 0 Å². The van der Waals surface area contributed by atoms with Gasteiger partial charge in [-0.05, 0) is 37.7 Å². The average Bonchev–Trinajstić information content (AvgIpc) is 3.35. The van der Waals surface area contributed by atoms with Gasteiger partial charge in [-0.2, -0.15) is 4.98 Å². The third-order valence-corrected chi connectivity index (χ3v) is 7.36. The zero-order valence-corrected chi connectivity index (χ0v) is 18.0. The Kier molecular flexibility index (Phi) is 5.54. The molecule has 2 heterocycles. The van der Waals surface area contributed by atoms with Crippen LogP contribution in [0.4, 0.5) is 4.79 Å². The number of aryl methyl sites for hydroxylation is 1. The van der Waals surface area contributed by atoms with Crippen molar-refractivity contribution in [1.82, 2.24) is 25.1 Å². The van der Waals surface area contributed by atoms with E-state index >= 15 is 0 Å². The van der Waals surface area contributed by atoms with Gasteiger partial charge in [0, 0.05) is 25.7 Å². The molecule has 1 saturated carbocycles. The average molecular weight is 434 g/mol. The Bertz CT molecular complexity index is 1010. The summed E-state index contributed by atoms with van der Waals surface area (Å²) >= 11 is 0. The van der Waals surface area contributed by atoms with E-state index in [0.29, 0.717) is 44.2 Å².